The van der Waals surface area contributed by atoms with Gasteiger partial charge in [0.2, 0.25) is 6.41 Å². The fourth-order valence-corrected chi connectivity index (χ4v) is 0.283. The van der Waals surface area contributed by atoms with Crippen molar-refractivity contribution >= 4 is 29.0 Å². The highest BCUT2D eigenvalue weighted by Crippen LogP contribution is 1.76. The quantitative estimate of drug-likeness (QED) is 0.510. The van der Waals surface area contributed by atoms with Crippen molar-refractivity contribution < 1.29 is 4.79 Å². The second-order valence-electron chi connectivity index (χ2n) is 0.577. The van der Waals surface area contributed by atoms with Crippen molar-refractivity contribution in [2.24, 2.45) is 0 Å². The number of carbonyl (C=O) groups excluding carboxylic acids is 1. The first-order chi connectivity index (χ1) is 2.91. The maximum Gasteiger partial charge on any atom is 0.211 e. The lowest BCUT2D eigenvalue weighted by molar-refractivity contribution is -0.108. The van der Waals surface area contributed by atoms with E-state index in [2.05, 4.69) is 5.32 Å². The van der Waals surface area contributed by atoms with Gasteiger partial charge in [-0.25, -0.2) is 0 Å². The molecule has 0 aromatic carbocycles. The van der Waals surface area contributed by atoms with Crippen LogP contribution in [0.15, 0.2) is 10.3 Å². The van der Waals surface area contributed by atoms with Crippen LogP contribution in [0.1, 0.15) is 0 Å². The summed E-state index contributed by atoms with van der Waals surface area (Å²) in [5.41, 5.74) is 0. The van der Waals surface area contributed by atoms with Gasteiger partial charge in [0, 0.05) is 6.20 Å². The molecule has 0 aromatic heterocycles. The van der Waals surface area contributed by atoms with Gasteiger partial charge in [-0.05, 0) is 4.08 Å². The monoisotopic (exact) mass is 197 g/mol. The van der Waals surface area contributed by atoms with Crippen molar-refractivity contribution in [1.29, 1.82) is 0 Å². The Bertz CT molecular complexity index is 61.8. The van der Waals surface area contributed by atoms with Crippen molar-refractivity contribution in [2.45, 2.75) is 0 Å². The number of halogens is 1. The third-order valence-corrected chi connectivity index (χ3v) is 0.587. The Morgan fingerprint density at radius 1 is 1.67 bits per heavy atom. The van der Waals surface area contributed by atoms with Crippen molar-refractivity contribution in [2.75, 3.05) is 0 Å². The first-order valence-corrected chi connectivity index (χ1v) is 2.61. The summed E-state index contributed by atoms with van der Waals surface area (Å²) in [5, 5.41) is 2.33. The summed E-state index contributed by atoms with van der Waals surface area (Å²) in [4.78, 5) is 9.40. The Morgan fingerprint density at radius 3 is 2.50 bits per heavy atom. The van der Waals surface area contributed by atoms with E-state index in [1.807, 2.05) is 22.6 Å². The topological polar surface area (TPSA) is 29.1 Å². The SMILES string of the molecule is O=CN/C=C\I. The summed E-state index contributed by atoms with van der Waals surface area (Å²) in [5.74, 6) is 0. The molecular formula is C3H4INO. The predicted molar refractivity (Wildman–Crippen MR) is 32.4 cm³/mol. The molecule has 34 valence electrons. The molecule has 2 nitrogen and oxygen atoms in total. The van der Waals surface area contributed by atoms with Gasteiger partial charge < -0.3 is 5.32 Å². The molecule has 0 fully saturated rings. The van der Waals surface area contributed by atoms with E-state index in [0.29, 0.717) is 6.41 Å². The summed E-state index contributed by atoms with van der Waals surface area (Å²) in [6.45, 7) is 0. The van der Waals surface area contributed by atoms with Crippen LogP contribution in [-0.4, -0.2) is 6.41 Å². The van der Waals surface area contributed by atoms with Crippen molar-refractivity contribution in [3.8, 4) is 0 Å². The first kappa shape index (κ1) is 5.94. The Balaban J connectivity index is 2.85. The van der Waals surface area contributed by atoms with E-state index >= 15 is 0 Å². The van der Waals surface area contributed by atoms with Gasteiger partial charge in [-0.2, -0.15) is 0 Å². The van der Waals surface area contributed by atoms with Crippen LogP contribution in [0.4, 0.5) is 0 Å². The fraction of sp³-hybridized carbons (Fsp3) is 0. The van der Waals surface area contributed by atoms with Gasteiger partial charge in [-0.15, -0.1) is 0 Å². The number of amides is 1. The molecule has 3 heteroatoms. The van der Waals surface area contributed by atoms with E-state index < -0.39 is 0 Å². The molecule has 0 aliphatic carbocycles. The Hall–Kier alpha value is -0.0600. The molecule has 0 saturated carbocycles. The van der Waals surface area contributed by atoms with Crippen LogP contribution < -0.4 is 5.32 Å². The van der Waals surface area contributed by atoms with Gasteiger partial charge >= 0.3 is 0 Å². The third-order valence-electron chi connectivity index (χ3n) is 0.227. The minimum Gasteiger partial charge on any atom is -0.335 e. The van der Waals surface area contributed by atoms with Gasteiger partial charge in [0.15, 0.2) is 0 Å². The van der Waals surface area contributed by atoms with Crippen LogP contribution in [0, 0.1) is 0 Å². The minimum atomic E-state index is 0.620. The Morgan fingerprint density at radius 2 is 2.33 bits per heavy atom. The number of carbonyl (C=O) groups is 1. The van der Waals surface area contributed by atoms with E-state index in [1.165, 1.54) is 0 Å². The molecule has 1 amide bonds. The van der Waals surface area contributed by atoms with Crippen molar-refractivity contribution in [3.63, 3.8) is 0 Å². The minimum absolute atomic E-state index is 0.620. The molecule has 0 rings (SSSR count). The smallest absolute Gasteiger partial charge is 0.211 e. The number of rotatable bonds is 2. The molecule has 6 heavy (non-hydrogen) atoms. The number of hydrogen-bond acceptors (Lipinski definition) is 1. The van der Waals surface area contributed by atoms with Gasteiger partial charge in [0.05, 0.1) is 0 Å². The van der Waals surface area contributed by atoms with Crippen LogP contribution in [0.5, 0.6) is 0 Å². The predicted octanol–water partition coefficient (Wildman–Crippen LogP) is 0.639. The standard InChI is InChI=1S/C3H4INO/c4-1-2-5-3-6/h1-3H,(H,5,6)/b2-1-. The molecule has 0 unspecified atom stereocenters. The maximum absolute atomic E-state index is 9.40. The number of nitrogens with one attached hydrogen (secondary N) is 1. The second-order valence-corrected chi connectivity index (χ2v) is 1.30. The number of hydrogen-bond donors (Lipinski definition) is 1. The maximum atomic E-state index is 9.40. The van der Waals surface area contributed by atoms with Crippen LogP contribution in [0.25, 0.3) is 0 Å². The van der Waals surface area contributed by atoms with Crippen LogP contribution in [-0.2, 0) is 4.79 Å². The van der Waals surface area contributed by atoms with E-state index in [4.69, 9.17) is 0 Å². The van der Waals surface area contributed by atoms with Gasteiger partial charge in [-0.3, -0.25) is 4.79 Å². The molecule has 0 saturated heterocycles. The van der Waals surface area contributed by atoms with E-state index in [0.717, 1.165) is 0 Å². The molecule has 0 bridgehead atoms. The Kier molecular flexibility index (Phi) is 4.89. The highest BCUT2D eigenvalue weighted by atomic mass is 127. The van der Waals surface area contributed by atoms with Crippen LogP contribution in [0.3, 0.4) is 0 Å². The zero-order valence-electron chi connectivity index (χ0n) is 3.02. The molecule has 0 aromatic rings. The lowest BCUT2D eigenvalue weighted by atomic mass is 11.0. The molecule has 0 heterocycles. The molecule has 0 atom stereocenters. The molecule has 0 aliphatic rings. The van der Waals surface area contributed by atoms with Crippen LogP contribution >= 0.6 is 22.6 Å². The Labute approximate surface area is 49.8 Å². The molecule has 0 aliphatic heterocycles. The third kappa shape index (κ3) is 3.94. The second kappa shape index (κ2) is 4.94. The lowest BCUT2D eigenvalue weighted by Crippen LogP contribution is -1.96. The summed E-state index contributed by atoms with van der Waals surface area (Å²) in [7, 11) is 0. The average Bonchev–Trinajstić information content (AvgIpc) is 1.61. The highest BCUT2D eigenvalue weighted by Gasteiger charge is 1.57. The lowest BCUT2D eigenvalue weighted by Gasteiger charge is -1.73. The molecule has 0 spiro atoms. The van der Waals surface area contributed by atoms with Gasteiger partial charge in [0.1, 0.15) is 0 Å². The van der Waals surface area contributed by atoms with E-state index in [9.17, 15) is 4.79 Å². The van der Waals surface area contributed by atoms with Gasteiger partial charge in [-0.1, -0.05) is 22.6 Å². The highest BCUT2D eigenvalue weighted by molar-refractivity contribution is 14.1. The largest absolute Gasteiger partial charge is 0.335 e. The summed E-state index contributed by atoms with van der Waals surface area (Å²) >= 11 is 2.01. The van der Waals surface area contributed by atoms with E-state index in [-0.39, 0.29) is 0 Å². The normalized spacial score (nSPS) is 8.83. The zero-order chi connectivity index (χ0) is 4.83. The summed E-state index contributed by atoms with van der Waals surface area (Å²) in [6, 6.07) is 0. The van der Waals surface area contributed by atoms with E-state index in [1.54, 1.807) is 10.3 Å². The van der Waals surface area contributed by atoms with Gasteiger partial charge in [0.25, 0.3) is 0 Å². The van der Waals surface area contributed by atoms with Crippen molar-refractivity contribution in [1.82, 2.24) is 5.32 Å². The first-order valence-electron chi connectivity index (χ1n) is 1.36. The zero-order valence-corrected chi connectivity index (χ0v) is 5.18. The fourth-order valence-electron chi connectivity index (χ4n) is 0.0757. The summed E-state index contributed by atoms with van der Waals surface area (Å²) < 4.78 is 1.71. The van der Waals surface area contributed by atoms with Crippen molar-refractivity contribution in [3.05, 3.63) is 10.3 Å². The average molecular weight is 197 g/mol. The molecule has 0 radical (unpaired) electrons. The van der Waals surface area contributed by atoms with Crippen LogP contribution in [0.2, 0.25) is 0 Å². The molecular weight excluding hydrogens is 193 g/mol. The molecule has 1 N–H and O–H groups in total. The summed E-state index contributed by atoms with van der Waals surface area (Å²) in [6.07, 6.45) is 2.17.